The fourth-order valence-corrected chi connectivity index (χ4v) is 5.70. The molecule has 0 aliphatic heterocycles. The molecular weight excluding hydrogens is 534 g/mol. The number of carbonyl (C=O) groups excluding carboxylic acids is 2. The summed E-state index contributed by atoms with van der Waals surface area (Å²) in [6.45, 7) is 9.04. The summed E-state index contributed by atoms with van der Waals surface area (Å²) in [7, 11) is -4.12. The molecule has 0 aliphatic carbocycles. The Bertz CT molecular complexity index is 1370. The van der Waals surface area contributed by atoms with E-state index in [1.807, 2.05) is 58.9 Å². The minimum absolute atomic E-state index is 0.0607. The van der Waals surface area contributed by atoms with Gasteiger partial charge in [0.15, 0.2) is 0 Å². The zero-order valence-corrected chi connectivity index (χ0v) is 24.6. The van der Waals surface area contributed by atoms with E-state index in [0.717, 1.165) is 21.0 Å². The monoisotopic (exact) mass is 569 g/mol. The van der Waals surface area contributed by atoms with E-state index in [0.29, 0.717) is 17.1 Å². The van der Waals surface area contributed by atoms with Crippen LogP contribution < -0.4 is 9.62 Å². The van der Waals surface area contributed by atoms with Crippen LogP contribution in [0.15, 0.2) is 77.7 Å². The lowest BCUT2D eigenvalue weighted by Gasteiger charge is -2.33. The second-order valence-electron chi connectivity index (χ2n) is 9.90. The average molecular weight is 570 g/mol. The molecule has 0 aliphatic rings. The van der Waals surface area contributed by atoms with Crippen LogP contribution in [-0.2, 0) is 26.2 Å². The van der Waals surface area contributed by atoms with Crippen molar-refractivity contribution in [3.63, 3.8) is 0 Å². The summed E-state index contributed by atoms with van der Waals surface area (Å²) >= 11 is 6.07. The number of hydrogen-bond donors (Lipinski definition) is 1. The second-order valence-corrected chi connectivity index (χ2v) is 12.2. The highest BCUT2D eigenvalue weighted by molar-refractivity contribution is 7.92. The summed E-state index contributed by atoms with van der Waals surface area (Å²) in [5.41, 5.74) is 3.11. The van der Waals surface area contributed by atoms with Gasteiger partial charge in [-0.25, -0.2) is 8.42 Å². The summed E-state index contributed by atoms with van der Waals surface area (Å²) in [4.78, 5) is 28.7. The number of halogens is 1. The fraction of sp³-hybridized carbons (Fsp3) is 0.333. The number of nitrogens with one attached hydrogen (secondary N) is 1. The number of sulfonamides is 1. The molecule has 3 rings (SSSR count). The first-order valence-corrected chi connectivity index (χ1v) is 14.7. The first kappa shape index (κ1) is 30.2. The van der Waals surface area contributed by atoms with E-state index in [-0.39, 0.29) is 23.4 Å². The molecule has 9 heteroatoms. The minimum Gasteiger partial charge on any atom is -0.352 e. The standard InChI is InChI=1S/C30H36ClN3O4S/c1-6-28(30(36)32-21(2)3)33(19-24-11-7-22(4)8-12-24)29(35)20-34(26-15-13-25(31)14-16-26)39(37,38)27-17-9-23(5)10-18-27/h7-18,21,28H,6,19-20H2,1-5H3,(H,32,36)/t28-/m0/s1. The smallest absolute Gasteiger partial charge is 0.264 e. The Hall–Kier alpha value is -3.36. The zero-order chi connectivity index (χ0) is 28.7. The van der Waals surface area contributed by atoms with E-state index in [1.54, 1.807) is 36.4 Å². The second kappa shape index (κ2) is 13.1. The first-order valence-electron chi connectivity index (χ1n) is 12.9. The van der Waals surface area contributed by atoms with Gasteiger partial charge in [0.1, 0.15) is 12.6 Å². The van der Waals surface area contributed by atoms with Gasteiger partial charge in [-0.15, -0.1) is 0 Å². The third kappa shape index (κ3) is 7.83. The van der Waals surface area contributed by atoms with Gasteiger partial charge in [0, 0.05) is 17.6 Å². The number of benzene rings is 3. The molecule has 2 amide bonds. The molecule has 39 heavy (non-hydrogen) atoms. The maximum atomic E-state index is 14.0. The van der Waals surface area contributed by atoms with Gasteiger partial charge in [-0.05, 0) is 76.1 Å². The topological polar surface area (TPSA) is 86.8 Å². The lowest BCUT2D eigenvalue weighted by molar-refractivity contribution is -0.140. The summed E-state index contributed by atoms with van der Waals surface area (Å²) in [6, 6.07) is 19.5. The van der Waals surface area contributed by atoms with Gasteiger partial charge in [0.05, 0.1) is 10.6 Å². The molecule has 3 aromatic carbocycles. The first-order chi connectivity index (χ1) is 18.4. The summed E-state index contributed by atoms with van der Waals surface area (Å²) in [5.74, 6) is -0.778. The largest absolute Gasteiger partial charge is 0.352 e. The highest BCUT2D eigenvalue weighted by Gasteiger charge is 2.33. The van der Waals surface area contributed by atoms with Crippen molar-refractivity contribution in [2.45, 2.75) is 64.6 Å². The number of anilines is 1. The lowest BCUT2D eigenvalue weighted by Crippen LogP contribution is -2.53. The van der Waals surface area contributed by atoms with E-state index >= 15 is 0 Å². The van der Waals surface area contributed by atoms with Crippen molar-refractivity contribution in [3.05, 3.63) is 94.5 Å². The number of aryl methyl sites for hydroxylation is 2. The minimum atomic E-state index is -4.12. The van der Waals surface area contributed by atoms with Gasteiger partial charge in [0.2, 0.25) is 11.8 Å². The Kier molecular flexibility index (Phi) is 10.2. The molecule has 0 radical (unpaired) electrons. The van der Waals surface area contributed by atoms with Crippen molar-refractivity contribution >= 4 is 39.1 Å². The molecule has 0 fully saturated rings. The molecule has 0 spiro atoms. The Balaban J connectivity index is 2.05. The molecule has 3 aromatic rings. The van der Waals surface area contributed by atoms with E-state index in [4.69, 9.17) is 11.6 Å². The zero-order valence-electron chi connectivity index (χ0n) is 23.0. The predicted molar refractivity (Wildman–Crippen MR) is 156 cm³/mol. The van der Waals surface area contributed by atoms with E-state index < -0.39 is 28.5 Å². The van der Waals surface area contributed by atoms with E-state index in [1.165, 1.54) is 17.0 Å². The van der Waals surface area contributed by atoms with Crippen molar-refractivity contribution in [3.8, 4) is 0 Å². The maximum Gasteiger partial charge on any atom is 0.264 e. The maximum absolute atomic E-state index is 14.0. The summed E-state index contributed by atoms with van der Waals surface area (Å²) in [5, 5.41) is 3.34. The number of amides is 2. The number of hydrogen-bond acceptors (Lipinski definition) is 4. The van der Waals surface area contributed by atoms with Crippen LogP contribution in [0.5, 0.6) is 0 Å². The third-order valence-corrected chi connectivity index (χ3v) is 8.33. The van der Waals surface area contributed by atoms with Crippen molar-refractivity contribution < 1.29 is 18.0 Å². The molecule has 0 heterocycles. The van der Waals surface area contributed by atoms with Gasteiger partial charge < -0.3 is 10.2 Å². The molecular formula is C30H36ClN3O4S. The summed E-state index contributed by atoms with van der Waals surface area (Å²) < 4.78 is 28.8. The molecule has 0 saturated carbocycles. The summed E-state index contributed by atoms with van der Waals surface area (Å²) in [6.07, 6.45) is 0.363. The predicted octanol–water partition coefficient (Wildman–Crippen LogP) is 5.48. The van der Waals surface area contributed by atoms with Gasteiger partial charge in [-0.3, -0.25) is 13.9 Å². The molecule has 0 unspecified atom stereocenters. The number of carbonyl (C=O) groups is 2. The number of rotatable bonds is 11. The van der Waals surface area contributed by atoms with Gasteiger partial charge in [-0.2, -0.15) is 0 Å². The van der Waals surface area contributed by atoms with Crippen LogP contribution in [0.2, 0.25) is 5.02 Å². The highest BCUT2D eigenvalue weighted by atomic mass is 35.5. The molecule has 0 saturated heterocycles. The molecule has 0 aromatic heterocycles. The average Bonchev–Trinajstić information content (AvgIpc) is 2.88. The van der Waals surface area contributed by atoms with E-state index in [9.17, 15) is 18.0 Å². The van der Waals surface area contributed by atoms with Gasteiger partial charge >= 0.3 is 0 Å². The molecule has 208 valence electrons. The Morgan fingerprint density at radius 3 is 1.92 bits per heavy atom. The van der Waals surface area contributed by atoms with Crippen LogP contribution in [0.1, 0.15) is 43.9 Å². The molecule has 0 bridgehead atoms. The molecule has 1 atom stereocenters. The molecule has 1 N–H and O–H groups in total. The number of nitrogens with zero attached hydrogens (tertiary/aromatic N) is 2. The van der Waals surface area contributed by atoms with Crippen LogP contribution in [0.4, 0.5) is 5.69 Å². The SMILES string of the molecule is CC[C@@H](C(=O)NC(C)C)N(Cc1ccc(C)cc1)C(=O)CN(c1ccc(Cl)cc1)S(=O)(=O)c1ccc(C)cc1. The fourth-order valence-electron chi connectivity index (χ4n) is 4.16. The van der Waals surface area contributed by atoms with Crippen LogP contribution in [0.25, 0.3) is 0 Å². The van der Waals surface area contributed by atoms with Crippen molar-refractivity contribution in [2.24, 2.45) is 0 Å². The van der Waals surface area contributed by atoms with Crippen LogP contribution in [-0.4, -0.2) is 43.8 Å². The quantitative estimate of drug-likeness (QED) is 0.331. The van der Waals surface area contributed by atoms with Crippen molar-refractivity contribution in [1.82, 2.24) is 10.2 Å². The van der Waals surface area contributed by atoms with Crippen molar-refractivity contribution in [1.29, 1.82) is 0 Å². The van der Waals surface area contributed by atoms with Crippen LogP contribution in [0.3, 0.4) is 0 Å². The lowest BCUT2D eigenvalue weighted by atomic mass is 10.1. The van der Waals surface area contributed by atoms with Crippen LogP contribution in [0, 0.1) is 13.8 Å². The van der Waals surface area contributed by atoms with E-state index in [2.05, 4.69) is 5.32 Å². The molecule has 7 nitrogen and oxygen atoms in total. The van der Waals surface area contributed by atoms with Gasteiger partial charge in [-0.1, -0.05) is 66.0 Å². The van der Waals surface area contributed by atoms with Gasteiger partial charge in [0.25, 0.3) is 10.0 Å². The Labute approximate surface area is 236 Å². The van der Waals surface area contributed by atoms with Crippen LogP contribution >= 0.6 is 11.6 Å². The third-order valence-electron chi connectivity index (χ3n) is 6.29. The normalized spacial score (nSPS) is 12.2. The highest BCUT2D eigenvalue weighted by Crippen LogP contribution is 2.26. The Morgan fingerprint density at radius 1 is 0.872 bits per heavy atom. The van der Waals surface area contributed by atoms with Crippen molar-refractivity contribution in [2.75, 3.05) is 10.8 Å². The Morgan fingerprint density at radius 2 is 1.41 bits per heavy atom.